The minimum absolute atomic E-state index is 0.392. The molecular formula is C20H20N6O2. The van der Waals surface area contributed by atoms with Gasteiger partial charge in [0.15, 0.2) is 6.10 Å². The second kappa shape index (κ2) is 6.90. The minimum atomic E-state index is -1.25. The van der Waals surface area contributed by atoms with Crippen LogP contribution in [0.4, 0.5) is 0 Å². The van der Waals surface area contributed by atoms with Gasteiger partial charge < -0.3 is 15.0 Å². The van der Waals surface area contributed by atoms with E-state index in [9.17, 15) is 9.90 Å². The predicted octanol–water partition coefficient (Wildman–Crippen LogP) is 2.15. The van der Waals surface area contributed by atoms with Crippen LogP contribution in [-0.4, -0.2) is 54.7 Å². The summed E-state index contributed by atoms with van der Waals surface area (Å²) in [5.74, 6) is -0.392. The number of fused-ring (bicyclic) bond motifs is 1. The Bertz CT molecular complexity index is 1160. The number of aliphatic hydroxyl groups excluding tert-OH is 1. The average Bonchev–Trinajstić information content (AvgIpc) is 3.32. The van der Waals surface area contributed by atoms with Gasteiger partial charge in [-0.3, -0.25) is 14.5 Å². The molecule has 4 rings (SSSR count). The number of carbonyl (C=O) groups is 1. The molecule has 0 aliphatic carbocycles. The van der Waals surface area contributed by atoms with E-state index in [0.29, 0.717) is 5.56 Å². The lowest BCUT2D eigenvalue weighted by atomic mass is 10.0. The molecule has 0 radical (unpaired) electrons. The second-order valence-electron chi connectivity index (χ2n) is 6.87. The van der Waals surface area contributed by atoms with E-state index in [-0.39, 0.29) is 0 Å². The standard InChI is InChI=1S/C20H20N6O2/c1-25(2)20(28)18(27)14-4-12(6-21-7-14)13-5-16-17(10-23-19(16)22-8-13)15-9-24-26(3)11-15/h4-11,18,27H,1-3H3,(H,22,23). The number of aryl methyl sites for hydroxylation is 1. The molecule has 0 saturated heterocycles. The molecule has 0 spiro atoms. The molecule has 8 nitrogen and oxygen atoms in total. The van der Waals surface area contributed by atoms with Crippen molar-refractivity contribution in [3.8, 4) is 22.3 Å². The summed E-state index contributed by atoms with van der Waals surface area (Å²) in [7, 11) is 5.08. The molecule has 0 aliphatic heterocycles. The van der Waals surface area contributed by atoms with E-state index in [0.717, 1.165) is 33.3 Å². The average molecular weight is 376 g/mol. The monoisotopic (exact) mass is 376 g/mol. The summed E-state index contributed by atoms with van der Waals surface area (Å²) >= 11 is 0. The summed E-state index contributed by atoms with van der Waals surface area (Å²) in [4.78, 5) is 25.3. The van der Waals surface area contributed by atoms with Crippen LogP contribution >= 0.6 is 0 Å². The number of amides is 1. The molecule has 1 atom stereocenters. The Morgan fingerprint density at radius 2 is 1.93 bits per heavy atom. The van der Waals surface area contributed by atoms with Crippen molar-refractivity contribution in [1.82, 2.24) is 29.6 Å². The van der Waals surface area contributed by atoms with Crippen LogP contribution in [-0.2, 0) is 11.8 Å². The van der Waals surface area contributed by atoms with Crippen molar-refractivity contribution in [2.45, 2.75) is 6.10 Å². The number of pyridine rings is 2. The maximum Gasteiger partial charge on any atom is 0.255 e. The van der Waals surface area contributed by atoms with Gasteiger partial charge in [0.2, 0.25) is 0 Å². The molecule has 1 unspecified atom stereocenters. The Morgan fingerprint density at radius 1 is 1.14 bits per heavy atom. The zero-order chi connectivity index (χ0) is 19.8. The number of nitrogens with one attached hydrogen (secondary N) is 1. The van der Waals surface area contributed by atoms with Gasteiger partial charge in [0.1, 0.15) is 5.65 Å². The number of rotatable bonds is 4. The smallest absolute Gasteiger partial charge is 0.255 e. The third-order valence-corrected chi connectivity index (χ3v) is 4.63. The SMILES string of the molecule is CN(C)C(=O)C(O)c1cncc(-c2cnc3[nH]cc(-c4cnn(C)c4)c3c2)c1. The normalized spacial score (nSPS) is 12.3. The van der Waals surface area contributed by atoms with Gasteiger partial charge in [0.05, 0.1) is 6.20 Å². The van der Waals surface area contributed by atoms with E-state index >= 15 is 0 Å². The summed E-state index contributed by atoms with van der Waals surface area (Å²) in [6.45, 7) is 0. The Balaban J connectivity index is 1.75. The number of likely N-dealkylation sites (N-methyl/N-ethyl adjacent to an activating group) is 1. The van der Waals surface area contributed by atoms with E-state index in [1.807, 2.05) is 25.5 Å². The van der Waals surface area contributed by atoms with Crippen LogP contribution in [0.5, 0.6) is 0 Å². The van der Waals surface area contributed by atoms with Crippen molar-refractivity contribution in [2.75, 3.05) is 14.1 Å². The van der Waals surface area contributed by atoms with Gasteiger partial charge in [-0.05, 0) is 12.1 Å². The number of aromatic amines is 1. The first kappa shape index (κ1) is 17.9. The molecule has 1 amide bonds. The van der Waals surface area contributed by atoms with Gasteiger partial charge in [-0.1, -0.05) is 0 Å². The molecule has 0 aliphatic rings. The largest absolute Gasteiger partial charge is 0.378 e. The van der Waals surface area contributed by atoms with Gasteiger partial charge in [0.25, 0.3) is 5.91 Å². The summed E-state index contributed by atoms with van der Waals surface area (Å²) in [5, 5.41) is 15.5. The summed E-state index contributed by atoms with van der Waals surface area (Å²) < 4.78 is 1.75. The highest BCUT2D eigenvalue weighted by Gasteiger charge is 2.20. The molecule has 4 aromatic rings. The molecule has 142 valence electrons. The van der Waals surface area contributed by atoms with Crippen molar-refractivity contribution >= 4 is 16.9 Å². The molecule has 0 saturated carbocycles. The van der Waals surface area contributed by atoms with Crippen LogP contribution in [0.25, 0.3) is 33.3 Å². The van der Waals surface area contributed by atoms with Gasteiger partial charge in [-0.2, -0.15) is 5.10 Å². The van der Waals surface area contributed by atoms with Gasteiger partial charge >= 0.3 is 0 Å². The van der Waals surface area contributed by atoms with Crippen LogP contribution in [0, 0.1) is 0 Å². The first-order valence-corrected chi connectivity index (χ1v) is 8.74. The lowest BCUT2D eigenvalue weighted by molar-refractivity contribution is -0.137. The summed E-state index contributed by atoms with van der Waals surface area (Å²) in [6, 6.07) is 3.78. The molecule has 0 aromatic carbocycles. The Morgan fingerprint density at radius 3 is 2.64 bits per heavy atom. The highest BCUT2D eigenvalue weighted by molar-refractivity contribution is 5.95. The fourth-order valence-corrected chi connectivity index (χ4v) is 3.11. The first-order valence-electron chi connectivity index (χ1n) is 8.74. The minimum Gasteiger partial charge on any atom is -0.378 e. The maximum absolute atomic E-state index is 12.1. The van der Waals surface area contributed by atoms with Crippen LogP contribution < -0.4 is 0 Å². The maximum atomic E-state index is 12.1. The second-order valence-corrected chi connectivity index (χ2v) is 6.87. The summed E-state index contributed by atoms with van der Waals surface area (Å²) in [5.41, 5.74) is 4.83. The lowest BCUT2D eigenvalue weighted by Crippen LogP contribution is -2.28. The fraction of sp³-hybridized carbons (Fsp3) is 0.200. The highest BCUT2D eigenvalue weighted by Crippen LogP contribution is 2.31. The van der Waals surface area contributed by atoms with Crippen LogP contribution in [0.1, 0.15) is 11.7 Å². The highest BCUT2D eigenvalue weighted by atomic mass is 16.3. The van der Waals surface area contributed by atoms with Crippen molar-refractivity contribution in [3.63, 3.8) is 0 Å². The molecule has 8 heteroatoms. The van der Waals surface area contributed by atoms with E-state index in [1.165, 1.54) is 11.1 Å². The number of H-pyrrole nitrogens is 1. The predicted molar refractivity (Wildman–Crippen MR) is 105 cm³/mol. The molecule has 28 heavy (non-hydrogen) atoms. The number of nitrogens with zero attached hydrogens (tertiary/aromatic N) is 5. The molecule has 4 aromatic heterocycles. The van der Waals surface area contributed by atoms with Crippen molar-refractivity contribution in [3.05, 3.63) is 54.9 Å². The van der Waals surface area contributed by atoms with E-state index in [2.05, 4.69) is 20.1 Å². The zero-order valence-corrected chi connectivity index (χ0v) is 15.8. The van der Waals surface area contributed by atoms with E-state index in [4.69, 9.17) is 0 Å². The van der Waals surface area contributed by atoms with Crippen molar-refractivity contribution in [1.29, 1.82) is 0 Å². The number of aliphatic hydroxyl groups is 1. The third kappa shape index (κ3) is 3.14. The molecular weight excluding hydrogens is 356 g/mol. The van der Waals surface area contributed by atoms with Gasteiger partial charge in [-0.25, -0.2) is 4.98 Å². The number of carbonyl (C=O) groups excluding carboxylic acids is 1. The number of hydrogen-bond acceptors (Lipinski definition) is 5. The van der Waals surface area contributed by atoms with Crippen LogP contribution in [0.3, 0.4) is 0 Å². The van der Waals surface area contributed by atoms with Crippen molar-refractivity contribution < 1.29 is 9.90 Å². The van der Waals surface area contributed by atoms with Crippen LogP contribution in [0.15, 0.2) is 49.3 Å². The Kier molecular flexibility index (Phi) is 4.40. The molecule has 2 N–H and O–H groups in total. The Hall–Kier alpha value is -3.52. The van der Waals surface area contributed by atoms with E-state index < -0.39 is 12.0 Å². The lowest BCUT2D eigenvalue weighted by Gasteiger charge is -2.16. The molecule has 0 fully saturated rings. The van der Waals surface area contributed by atoms with Crippen molar-refractivity contribution in [2.24, 2.45) is 7.05 Å². The molecule has 4 heterocycles. The van der Waals surface area contributed by atoms with Crippen LogP contribution in [0.2, 0.25) is 0 Å². The summed E-state index contributed by atoms with van der Waals surface area (Å²) in [6.07, 6.45) is 9.34. The zero-order valence-electron chi connectivity index (χ0n) is 15.8. The number of hydrogen-bond donors (Lipinski definition) is 2. The number of aromatic nitrogens is 5. The van der Waals surface area contributed by atoms with Gasteiger partial charge in [0, 0.05) is 85.3 Å². The quantitative estimate of drug-likeness (QED) is 0.568. The fourth-order valence-electron chi connectivity index (χ4n) is 3.11. The Labute approximate surface area is 161 Å². The topological polar surface area (TPSA) is 99.9 Å². The third-order valence-electron chi connectivity index (χ3n) is 4.63. The first-order chi connectivity index (χ1) is 13.4. The van der Waals surface area contributed by atoms with Gasteiger partial charge in [-0.15, -0.1) is 0 Å². The molecule has 0 bridgehead atoms. The van der Waals surface area contributed by atoms with E-state index in [1.54, 1.807) is 43.4 Å².